The van der Waals surface area contributed by atoms with E-state index in [-0.39, 0.29) is 0 Å². The second kappa shape index (κ2) is 8.52. The summed E-state index contributed by atoms with van der Waals surface area (Å²) in [6.07, 6.45) is 8.28. The second-order valence-corrected chi connectivity index (χ2v) is 11.5. The first-order valence-electron chi connectivity index (χ1n) is 11.4. The molecule has 2 heterocycles. The van der Waals surface area contributed by atoms with Crippen LogP contribution in [0, 0.1) is 22.2 Å². The number of rotatable bonds is 6. The van der Waals surface area contributed by atoms with Crippen LogP contribution in [0.15, 0.2) is 0 Å². The van der Waals surface area contributed by atoms with Gasteiger partial charge in [-0.1, -0.05) is 48.5 Å². The maximum absolute atomic E-state index is 2.74. The summed E-state index contributed by atoms with van der Waals surface area (Å²) in [4.78, 5) is 5.40. The zero-order valence-electron chi connectivity index (χ0n) is 19.3. The van der Waals surface area contributed by atoms with E-state index >= 15 is 0 Å². The van der Waals surface area contributed by atoms with E-state index in [1.54, 1.807) is 0 Å². The standard InChI is InChI=1S/C24H48N2/c1-9-26-18-14-24(8,19-20(26)2)23(6,7)13-10-15-25-16-11-21(12-17-25)22(3,4)5/h20-21H,9-19H2,1-8H3. The molecule has 2 unspecified atom stereocenters. The van der Waals surface area contributed by atoms with Gasteiger partial charge < -0.3 is 9.80 Å². The van der Waals surface area contributed by atoms with Crippen molar-refractivity contribution in [2.45, 2.75) is 100.0 Å². The zero-order valence-corrected chi connectivity index (χ0v) is 19.3. The van der Waals surface area contributed by atoms with Gasteiger partial charge in [0.15, 0.2) is 0 Å². The van der Waals surface area contributed by atoms with Gasteiger partial charge in [0.2, 0.25) is 0 Å². The van der Waals surface area contributed by atoms with Gasteiger partial charge in [0.25, 0.3) is 0 Å². The van der Waals surface area contributed by atoms with Crippen LogP contribution in [0.2, 0.25) is 0 Å². The average Bonchev–Trinajstić information content (AvgIpc) is 2.54. The zero-order chi connectivity index (χ0) is 19.6. The van der Waals surface area contributed by atoms with E-state index in [0.29, 0.717) is 16.2 Å². The highest BCUT2D eigenvalue weighted by Crippen LogP contribution is 2.50. The summed E-state index contributed by atoms with van der Waals surface area (Å²) in [5, 5.41) is 0. The molecule has 0 aromatic heterocycles. The number of likely N-dealkylation sites (tertiary alicyclic amines) is 2. The van der Waals surface area contributed by atoms with Gasteiger partial charge in [0.1, 0.15) is 0 Å². The molecule has 0 aromatic carbocycles. The van der Waals surface area contributed by atoms with Crippen LogP contribution in [-0.2, 0) is 0 Å². The molecule has 2 saturated heterocycles. The molecule has 26 heavy (non-hydrogen) atoms. The lowest BCUT2D eigenvalue weighted by Gasteiger charge is -2.52. The molecule has 2 fully saturated rings. The number of nitrogens with zero attached hydrogens (tertiary/aromatic N) is 2. The second-order valence-electron chi connectivity index (χ2n) is 11.5. The van der Waals surface area contributed by atoms with Gasteiger partial charge in [-0.15, -0.1) is 0 Å². The third-order valence-corrected chi connectivity index (χ3v) is 8.45. The maximum Gasteiger partial charge on any atom is 0.00722 e. The average molecular weight is 365 g/mol. The van der Waals surface area contributed by atoms with Gasteiger partial charge in [0, 0.05) is 6.04 Å². The summed E-state index contributed by atoms with van der Waals surface area (Å²) in [5.74, 6) is 0.916. The summed E-state index contributed by atoms with van der Waals surface area (Å²) in [6.45, 7) is 26.1. The topological polar surface area (TPSA) is 6.48 Å². The van der Waals surface area contributed by atoms with Crippen LogP contribution in [0.4, 0.5) is 0 Å². The normalized spacial score (nSPS) is 30.7. The van der Waals surface area contributed by atoms with Crippen LogP contribution in [-0.4, -0.2) is 48.6 Å². The molecule has 0 amide bonds. The molecule has 0 bridgehead atoms. The van der Waals surface area contributed by atoms with Crippen molar-refractivity contribution < 1.29 is 0 Å². The summed E-state index contributed by atoms with van der Waals surface area (Å²) < 4.78 is 0. The van der Waals surface area contributed by atoms with Crippen LogP contribution >= 0.6 is 0 Å². The highest BCUT2D eigenvalue weighted by Gasteiger charge is 2.44. The fraction of sp³-hybridized carbons (Fsp3) is 1.00. The van der Waals surface area contributed by atoms with Gasteiger partial charge in [-0.05, 0) is 100 Å². The van der Waals surface area contributed by atoms with E-state index in [0.717, 1.165) is 12.0 Å². The first-order chi connectivity index (χ1) is 12.0. The molecule has 0 aliphatic carbocycles. The van der Waals surface area contributed by atoms with Crippen LogP contribution in [0.25, 0.3) is 0 Å². The largest absolute Gasteiger partial charge is 0.303 e. The molecule has 2 nitrogen and oxygen atoms in total. The molecule has 2 rings (SSSR count). The Morgan fingerprint density at radius 1 is 1.00 bits per heavy atom. The van der Waals surface area contributed by atoms with Crippen molar-refractivity contribution in [3.8, 4) is 0 Å². The smallest absolute Gasteiger partial charge is 0.00722 e. The van der Waals surface area contributed by atoms with Gasteiger partial charge in [-0.2, -0.15) is 0 Å². The molecule has 0 spiro atoms. The summed E-state index contributed by atoms with van der Waals surface area (Å²) in [6, 6.07) is 0.745. The fourth-order valence-corrected chi connectivity index (χ4v) is 5.65. The van der Waals surface area contributed by atoms with Crippen LogP contribution < -0.4 is 0 Å². The van der Waals surface area contributed by atoms with Crippen molar-refractivity contribution >= 4 is 0 Å². The summed E-state index contributed by atoms with van der Waals surface area (Å²) >= 11 is 0. The first-order valence-corrected chi connectivity index (χ1v) is 11.4. The van der Waals surface area contributed by atoms with Gasteiger partial charge in [-0.25, -0.2) is 0 Å². The number of hydrogen-bond donors (Lipinski definition) is 0. The molecule has 2 heteroatoms. The van der Waals surface area contributed by atoms with Crippen molar-refractivity contribution in [2.24, 2.45) is 22.2 Å². The lowest BCUT2D eigenvalue weighted by atomic mass is 9.59. The quantitative estimate of drug-likeness (QED) is 0.565. The van der Waals surface area contributed by atoms with Gasteiger partial charge in [0.05, 0.1) is 0 Å². The van der Waals surface area contributed by atoms with E-state index in [1.165, 1.54) is 71.2 Å². The Morgan fingerprint density at radius 2 is 1.62 bits per heavy atom. The highest BCUT2D eigenvalue weighted by atomic mass is 15.2. The minimum Gasteiger partial charge on any atom is -0.303 e. The molecule has 2 atom stereocenters. The predicted octanol–water partition coefficient (Wildman–Crippen LogP) is 6.06. The van der Waals surface area contributed by atoms with E-state index in [4.69, 9.17) is 0 Å². The Bertz CT molecular complexity index is 428. The summed E-state index contributed by atoms with van der Waals surface area (Å²) in [7, 11) is 0. The monoisotopic (exact) mass is 364 g/mol. The Kier molecular flexibility index (Phi) is 7.27. The third-order valence-electron chi connectivity index (χ3n) is 8.45. The number of piperidine rings is 2. The van der Waals surface area contributed by atoms with Crippen molar-refractivity contribution in [3.05, 3.63) is 0 Å². The van der Waals surface area contributed by atoms with Crippen molar-refractivity contribution in [1.82, 2.24) is 9.80 Å². The molecule has 0 saturated carbocycles. The van der Waals surface area contributed by atoms with Gasteiger partial charge >= 0.3 is 0 Å². The van der Waals surface area contributed by atoms with Crippen LogP contribution in [0.1, 0.15) is 93.9 Å². The predicted molar refractivity (Wildman–Crippen MR) is 116 cm³/mol. The molecule has 2 aliphatic heterocycles. The van der Waals surface area contributed by atoms with E-state index in [1.807, 2.05) is 0 Å². The first kappa shape index (κ1) is 22.2. The van der Waals surface area contributed by atoms with E-state index in [2.05, 4.69) is 65.2 Å². The van der Waals surface area contributed by atoms with Crippen LogP contribution in [0.3, 0.4) is 0 Å². The number of hydrogen-bond acceptors (Lipinski definition) is 2. The SMILES string of the molecule is CCN1CCC(C)(C(C)(C)CCCN2CCC(C(C)(C)C)CC2)CC1C. The maximum atomic E-state index is 2.74. The Balaban J connectivity index is 1.78. The van der Waals surface area contributed by atoms with Crippen molar-refractivity contribution in [2.75, 3.05) is 32.7 Å². The van der Waals surface area contributed by atoms with Crippen LogP contribution in [0.5, 0.6) is 0 Å². The Hall–Kier alpha value is -0.0800. The lowest BCUT2D eigenvalue weighted by Crippen LogP contribution is -2.50. The molecular weight excluding hydrogens is 316 g/mol. The minimum atomic E-state index is 0.449. The van der Waals surface area contributed by atoms with E-state index in [9.17, 15) is 0 Å². The third kappa shape index (κ3) is 5.25. The van der Waals surface area contributed by atoms with Crippen molar-refractivity contribution in [1.29, 1.82) is 0 Å². The fourth-order valence-electron chi connectivity index (χ4n) is 5.65. The Morgan fingerprint density at radius 3 is 2.12 bits per heavy atom. The summed E-state index contributed by atoms with van der Waals surface area (Å²) in [5.41, 5.74) is 1.44. The molecule has 0 N–H and O–H groups in total. The minimum absolute atomic E-state index is 0.449. The molecule has 154 valence electrons. The molecule has 2 aliphatic rings. The highest BCUT2D eigenvalue weighted by molar-refractivity contribution is 4.96. The molecule has 0 radical (unpaired) electrons. The van der Waals surface area contributed by atoms with Crippen molar-refractivity contribution in [3.63, 3.8) is 0 Å². The van der Waals surface area contributed by atoms with E-state index < -0.39 is 0 Å². The Labute approximate surface area is 165 Å². The molecule has 0 aromatic rings. The lowest BCUT2D eigenvalue weighted by molar-refractivity contribution is -0.0216. The van der Waals surface area contributed by atoms with Gasteiger partial charge in [-0.3, -0.25) is 0 Å². The molecular formula is C24H48N2.